The highest BCUT2D eigenvalue weighted by Gasteiger charge is 2.42. The maximum absolute atomic E-state index is 4.50. The van der Waals surface area contributed by atoms with E-state index >= 15 is 0 Å². The highest BCUT2D eigenvalue weighted by molar-refractivity contribution is 5.39. The van der Waals surface area contributed by atoms with Crippen LogP contribution in [0, 0.1) is 17.8 Å². The number of rotatable bonds is 4. The molecule has 1 nitrogen and oxygen atoms in total. The molecule has 1 aliphatic carbocycles. The van der Waals surface area contributed by atoms with Gasteiger partial charge in [0.05, 0.1) is 13.2 Å². The molecule has 0 spiro atoms. The average Bonchev–Trinajstić information content (AvgIpc) is 3.60. The lowest BCUT2D eigenvalue weighted by Crippen LogP contribution is -2.32. The van der Waals surface area contributed by atoms with E-state index < -0.39 is 0 Å². The zero-order valence-corrected chi connectivity index (χ0v) is 19.9. The highest BCUT2D eigenvalue weighted by Crippen LogP contribution is 2.49. The van der Waals surface area contributed by atoms with Crippen molar-refractivity contribution < 1.29 is 4.74 Å². The first-order valence-corrected chi connectivity index (χ1v) is 11.8. The molecule has 0 radical (unpaired) electrons. The molecule has 162 valence electrons. The lowest BCUT2D eigenvalue weighted by molar-refractivity contribution is 0.316. The van der Waals surface area contributed by atoms with Gasteiger partial charge in [-0.3, -0.25) is 0 Å². The minimum atomic E-state index is 0.131. The number of hydrogen-bond acceptors (Lipinski definition) is 1. The van der Waals surface area contributed by atoms with Crippen molar-refractivity contribution in [1.29, 1.82) is 0 Å². The van der Waals surface area contributed by atoms with Crippen molar-refractivity contribution in [2.75, 3.05) is 13.2 Å². The SMILES string of the molecule is C1CO1.CC.CC.CC(C)C1CCC(C(C)(c2ccccc2)c2ccccc2)C1. The molecule has 1 aliphatic heterocycles. The van der Waals surface area contributed by atoms with Crippen LogP contribution in [0.5, 0.6) is 0 Å². The van der Waals surface area contributed by atoms with Crippen molar-refractivity contribution in [2.24, 2.45) is 17.8 Å². The molecule has 1 heteroatoms. The highest BCUT2D eigenvalue weighted by atomic mass is 16.6. The van der Waals surface area contributed by atoms with Gasteiger partial charge in [-0.05, 0) is 48.1 Å². The van der Waals surface area contributed by atoms with E-state index in [-0.39, 0.29) is 5.41 Å². The van der Waals surface area contributed by atoms with Gasteiger partial charge >= 0.3 is 0 Å². The molecule has 0 N–H and O–H groups in total. The van der Waals surface area contributed by atoms with E-state index in [1.165, 1.54) is 30.4 Å². The summed E-state index contributed by atoms with van der Waals surface area (Å²) in [7, 11) is 0. The van der Waals surface area contributed by atoms with E-state index in [1.807, 2.05) is 27.7 Å². The molecule has 29 heavy (non-hydrogen) atoms. The molecule has 0 amide bonds. The normalized spacial score (nSPS) is 19.7. The summed E-state index contributed by atoms with van der Waals surface area (Å²) in [5.41, 5.74) is 3.07. The lowest BCUT2D eigenvalue weighted by Gasteiger charge is -2.37. The lowest BCUT2D eigenvalue weighted by atomic mass is 9.66. The minimum absolute atomic E-state index is 0.131. The van der Waals surface area contributed by atoms with Crippen molar-refractivity contribution in [1.82, 2.24) is 0 Å². The van der Waals surface area contributed by atoms with Gasteiger partial charge in [0.15, 0.2) is 0 Å². The fraction of sp³-hybridized carbons (Fsp3) is 0.571. The Kier molecular flexibility index (Phi) is 11.9. The van der Waals surface area contributed by atoms with Crippen LogP contribution < -0.4 is 0 Å². The summed E-state index contributed by atoms with van der Waals surface area (Å²) in [5.74, 6) is 2.43. The van der Waals surface area contributed by atoms with Crippen LogP contribution in [0.1, 0.15) is 78.9 Å². The van der Waals surface area contributed by atoms with Gasteiger partial charge in [0.2, 0.25) is 0 Å². The molecular weight excluding hydrogens is 352 g/mol. The fourth-order valence-corrected chi connectivity index (χ4v) is 4.35. The van der Waals surface area contributed by atoms with E-state index in [2.05, 4.69) is 86.2 Å². The Balaban J connectivity index is 0.000000525. The standard InChI is InChI=1S/C22H28.C2H4O.2C2H6/c1-17(2)18-14-15-21(16-18)22(3,19-10-6-4-7-11-19)20-12-8-5-9-13-20;1-2-3-1;2*1-2/h4-13,17-18,21H,14-16H2,1-3H3;1-2H2;2*1-2H3. The third kappa shape index (κ3) is 7.30. The van der Waals surface area contributed by atoms with Gasteiger partial charge in [0.1, 0.15) is 0 Å². The summed E-state index contributed by atoms with van der Waals surface area (Å²) in [5, 5.41) is 0. The molecule has 0 bridgehead atoms. The first-order chi connectivity index (χ1) is 14.1. The number of epoxide rings is 1. The van der Waals surface area contributed by atoms with Crippen molar-refractivity contribution in [3.8, 4) is 0 Å². The first kappa shape index (κ1) is 25.4. The Bertz CT molecular complexity index is 588. The Morgan fingerprint density at radius 2 is 1.17 bits per heavy atom. The third-order valence-corrected chi connectivity index (χ3v) is 6.18. The molecule has 1 saturated carbocycles. The van der Waals surface area contributed by atoms with Crippen molar-refractivity contribution >= 4 is 0 Å². The maximum atomic E-state index is 4.50. The van der Waals surface area contributed by atoms with Crippen LogP contribution in [0.2, 0.25) is 0 Å². The van der Waals surface area contributed by atoms with Crippen LogP contribution in [-0.2, 0) is 10.2 Å². The Morgan fingerprint density at radius 1 is 0.759 bits per heavy atom. The van der Waals surface area contributed by atoms with Crippen molar-refractivity contribution in [2.45, 2.75) is 73.1 Å². The molecular formula is C28H44O. The fourth-order valence-electron chi connectivity index (χ4n) is 4.35. The summed E-state index contributed by atoms with van der Waals surface area (Å²) >= 11 is 0. The summed E-state index contributed by atoms with van der Waals surface area (Å²) in [4.78, 5) is 0. The van der Waals surface area contributed by atoms with E-state index in [4.69, 9.17) is 0 Å². The Hall–Kier alpha value is -1.60. The molecule has 2 aromatic carbocycles. The van der Waals surface area contributed by atoms with Crippen molar-refractivity contribution in [3.05, 3.63) is 71.8 Å². The molecule has 2 fully saturated rings. The Labute approximate surface area is 180 Å². The third-order valence-electron chi connectivity index (χ3n) is 6.18. The van der Waals surface area contributed by atoms with Gasteiger partial charge < -0.3 is 4.74 Å². The quantitative estimate of drug-likeness (QED) is 0.475. The number of ether oxygens (including phenoxy) is 1. The molecule has 1 heterocycles. The summed E-state index contributed by atoms with van der Waals surface area (Å²) in [6.45, 7) is 17.2. The first-order valence-electron chi connectivity index (χ1n) is 11.8. The van der Waals surface area contributed by atoms with E-state index in [0.717, 1.165) is 31.0 Å². The van der Waals surface area contributed by atoms with Crippen LogP contribution in [0.25, 0.3) is 0 Å². The minimum Gasteiger partial charge on any atom is -0.377 e. The van der Waals surface area contributed by atoms with Crippen molar-refractivity contribution in [3.63, 3.8) is 0 Å². The largest absolute Gasteiger partial charge is 0.377 e. The van der Waals surface area contributed by atoms with E-state index in [0.29, 0.717) is 0 Å². The van der Waals surface area contributed by atoms with Crippen LogP contribution in [0.3, 0.4) is 0 Å². The van der Waals surface area contributed by atoms with Crippen LogP contribution in [0.4, 0.5) is 0 Å². The maximum Gasteiger partial charge on any atom is 0.0701 e. The second kappa shape index (κ2) is 13.6. The predicted octanol–water partition coefficient (Wildman–Crippen LogP) is 8.13. The predicted molar refractivity (Wildman–Crippen MR) is 129 cm³/mol. The molecule has 2 atom stereocenters. The zero-order chi connectivity index (χ0) is 21.7. The van der Waals surface area contributed by atoms with Crippen LogP contribution >= 0.6 is 0 Å². The van der Waals surface area contributed by atoms with Gasteiger partial charge in [-0.25, -0.2) is 0 Å². The summed E-state index contributed by atoms with van der Waals surface area (Å²) in [6, 6.07) is 22.3. The molecule has 2 aromatic rings. The summed E-state index contributed by atoms with van der Waals surface area (Å²) < 4.78 is 4.50. The molecule has 2 unspecified atom stereocenters. The van der Waals surface area contributed by atoms with Gasteiger partial charge in [0.25, 0.3) is 0 Å². The van der Waals surface area contributed by atoms with Crippen LogP contribution in [-0.4, -0.2) is 13.2 Å². The smallest absolute Gasteiger partial charge is 0.0701 e. The summed E-state index contributed by atoms with van der Waals surface area (Å²) in [6.07, 6.45) is 4.10. The van der Waals surface area contributed by atoms with Gasteiger partial charge in [-0.2, -0.15) is 0 Å². The monoisotopic (exact) mass is 396 g/mol. The van der Waals surface area contributed by atoms with E-state index in [9.17, 15) is 0 Å². The molecule has 2 aliphatic rings. The van der Waals surface area contributed by atoms with E-state index in [1.54, 1.807) is 0 Å². The second-order valence-electron chi connectivity index (χ2n) is 8.06. The topological polar surface area (TPSA) is 12.5 Å². The van der Waals surface area contributed by atoms with Crippen LogP contribution in [0.15, 0.2) is 60.7 Å². The number of hydrogen-bond donors (Lipinski definition) is 0. The average molecular weight is 397 g/mol. The second-order valence-corrected chi connectivity index (χ2v) is 8.06. The van der Waals surface area contributed by atoms with Gasteiger partial charge in [-0.1, -0.05) is 109 Å². The molecule has 0 aromatic heterocycles. The molecule has 4 rings (SSSR count). The Morgan fingerprint density at radius 3 is 1.48 bits per heavy atom. The molecule has 1 saturated heterocycles. The van der Waals surface area contributed by atoms with Gasteiger partial charge in [-0.15, -0.1) is 0 Å². The number of benzene rings is 2. The van der Waals surface area contributed by atoms with Gasteiger partial charge in [0, 0.05) is 5.41 Å². The zero-order valence-electron chi connectivity index (χ0n) is 19.9.